The first-order chi connectivity index (χ1) is 8.58. The summed E-state index contributed by atoms with van der Waals surface area (Å²) >= 11 is 0. The molecule has 0 aliphatic heterocycles. The fourth-order valence-corrected chi connectivity index (χ4v) is 1.88. The second-order valence-electron chi connectivity index (χ2n) is 3.91. The number of rotatable bonds is 5. The van der Waals surface area contributed by atoms with E-state index < -0.39 is 5.92 Å². The Morgan fingerprint density at radius 2 is 1.67 bits per heavy atom. The number of ketones is 1. The van der Waals surface area contributed by atoms with Crippen LogP contribution in [0.2, 0.25) is 0 Å². The molecule has 5 nitrogen and oxygen atoms in total. The van der Waals surface area contributed by atoms with Crippen LogP contribution in [0.3, 0.4) is 0 Å². The Hall–Kier alpha value is -2.22. The Kier molecular flexibility index (Phi) is 4.55. The van der Waals surface area contributed by atoms with Gasteiger partial charge in [-0.15, -0.1) is 0 Å². The number of nitrogens with one attached hydrogen (secondary N) is 3. The number of benzene rings is 1. The maximum Gasteiger partial charge on any atom is 0.151 e. The van der Waals surface area contributed by atoms with E-state index in [2.05, 4.69) is 22.0 Å². The minimum absolute atomic E-state index is 0.164. The van der Waals surface area contributed by atoms with Crippen molar-refractivity contribution < 1.29 is 4.79 Å². The lowest BCUT2D eigenvalue weighted by Crippen LogP contribution is -2.12. The van der Waals surface area contributed by atoms with Gasteiger partial charge in [-0.3, -0.25) is 4.79 Å². The number of nitrogens with zero attached hydrogens (tertiary/aromatic N) is 1. The minimum Gasteiger partial charge on any atom is -0.388 e. The van der Waals surface area contributed by atoms with E-state index in [1.54, 1.807) is 14.1 Å². The zero-order valence-corrected chi connectivity index (χ0v) is 11.1. The van der Waals surface area contributed by atoms with Crippen molar-refractivity contribution in [1.82, 2.24) is 0 Å². The van der Waals surface area contributed by atoms with Crippen LogP contribution in [0.5, 0.6) is 0 Å². The highest BCUT2D eigenvalue weighted by molar-refractivity contribution is 5.91. The quantitative estimate of drug-likeness (QED) is 0.741. The van der Waals surface area contributed by atoms with Crippen LogP contribution in [0, 0.1) is 11.3 Å². The summed E-state index contributed by atoms with van der Waals surface area (Å²) in [5.41, 5.74) is 3.14. The zero-order chi connectivity index (χ0) is 13.7. The van der Waals surface area contributed by atoms with Crippen LogP contribution >= 0.6 is 0 Å². The van der Waals surface area contributed by atoms with Gasteiger partial charge in [0, 0.05) is 43.8 Å². The molecule has 0 amide bonds. The predicted octanol–water partition coefficient (Wildman–Crippen LogP) is 2.01. The molecule has 0 heterocycles. The first-order valence-corrected chi connectivity index (χ1v) is 5.70. The average molecular weight is 246 g/mol. The van der Waals surface area contributed by atoms with Crippen LogP contribution in [0.15, 0.2) is 12.1 Å². The molecule has 0 saturated carbocycles. The lowest BCUT2D eigenvalue weighted by Gasteiger charge is -2.18. The number of hydrogen-bond acceptors (Lipinski definition) is 5. The topological polar surface area (TPSA) is 76.9 Å². The van der Waals surface area contributed by atoms with Gasteiger partial charge in [0.2, 0.25) is 0 Å². The molecule has 1 aromatic carbocycles. The van der Waals surface area contributed by atoms with E-state index in [9.17, 15) is 10.1 Å². The van der Waals surface area contributed by atoms with Crippen molar-refractivity contribution in [2.75, 3.05) is 37.1 Å². The monoisotopic (exact) mass is 246 g/mol. The average Bonchev–Trinajstić information content (AvgIpc) is 2.38. The number of Topliss-reactive ketones (excluding diaryl/α,β-unsaturated/α-hetero) is 1. The summed E-state index contributed by atoms with van der Waals surface area (Å²) < 4.78 is 0. The lowest BCUT2D eigenvalue weighted by molar-refractivity contribution is -0.117. The van der Waals surface area contributed by atoms with Gasteiger partial charge in [0.15, 0.2) is 5.78 Å². The first-order valence-electron chi connectivity index (χ1n) is 5.70. The highest BCUT2D eigenvalue weighted by Gasteiger charge is 2.23. The SMILES string of the molecule is CNc1cc(NC)c(C(C#N)C(C)=O)c(NC)c1. The van der Waals surface area contributed by atoms with E-state index in [0.29, 0.717) is 5.56 Å². The predicted molar refractivity (Wildman–Crippen MR) is 74.1 cm³/mol. The molecule has 1 unspecified atom stereocenters. The molecule has 1 aromatic rings. The second-order valence-corrected chi connectivity index (χ2v) is 3.91. The molecule has 0 radical (unpaired) electrons. The third-order valence-corrected chi connectivity index (χ3v) is 2.83. The van der Waals surface area contributed by atoms with Crippen molar-refractivity contribution >= 4 is 22.8 Å². The Morgan fingerprint density at radius 1 is 1.17 bits per heavy atom. The molecule has 0 aliphatic rings. The van der Waals surface area contributed by atoms with Crippen molar-refractivity contribution in [1.29, 1.82) is 5.26 Å². The minimum atomic E-state index is -0.763. The van der Waals surface area contributed by atoms with E-state index >= 15 is 0 Å². The van der Waals surface area contributed by atoms with Crippen LogP contribution in [-0.4, -0.2) is 26.9 Å². The van der Waals surface area contributed by atoms with Crippen molar-refractivity contribution in [2.45, 2.75) is 12.8 Å². The van der Waals surface area contributed by atoms with Gasteiger partial charge in [-0.05, 0) is 19.1 Å². The van der Waals surface area contributed by atoms with Gasteiger partial charge in [0.25, 0.3) is 0 Å². The summed E-state index contributed by atoms with van der Waals surface area (Å²) in [7, 11) is 5.36. The molecule has 0 fully saturated rings. The Morgan fingerprint density at radius 3 is 1.94 bits per heavy atom. The molecular weight excluding hydrogens is 228 g/mol. The van der Waals surface area contributed by atoms with Crippen LogP contribution in [0.1, 0.15) is 18.4 Å². The van der Waals surface area contributed by atoms with E-state index in [-0.39, 0.29) is 5.78 Å². The van der Waals surface area contributed by atoms with Crippen LogP contribution in [0.4, 0.5) is 17.1 Å². The Bertz CT molecular complexity index is 465. The summed E-state index contributed by atoms with van der Waals surface area (Å²) in [6.45, 7) is 1.43. The van der Waals surface area contributed by atoms with E-state index in [1.165, 1.54) is 6.92 Å². The van der Waals surface area contributed by atoms with Gasteiger partial charge in [-0.25, -0.2) is 0 Å². The molecule has 5 heteroatoms. The maximum absolute atomic E-state index is 11.6. The molecule has 0 spiro atoms. The van der Waals surface area contributed by atoms with Crippen LogP contribution in [0.25, 0.3) is 0 Å². The summed E-state index contributed by atoms with van der Waals surface area (Å²) in [4.78, 5) is 11.6. The van der Waals surface area contributed by atoms with Gasteiger partial charge in [0.05, 0.1) is 6.07 Å². The van der Waals surface area contributed by atoms with Crippen molar-refractivity contribution in [2.24, 2.45) is 0 Å². The van der Waals surface area contributed by atoms with Gasteiger partial charge in [-0.2, -0.15) is 5.26 Å². The van der Waals surface area contributed by atoms with E-state index in [0.717, 1.165) is 17.1 Å². The van der Waals surface area contributed by atoms with Crippen molar-refractivity contribution in [3.8, 4) is 6.07 Å². The number of hydrogen-bond donors (Lipinski definition) is 3. The van der Waals surface area contributed by atoms with Gasteiger partial charge >= 0.3 is 0 Å². The third kappa shape index (κ3) is 2.54. The van der Waals surface area contributed by atoms with E-state index in [1.807, 2.05) is 19.2 Å². The first kappa shape index (κ1) is 13.8. The molecule has 18 heavy (non-hydrogen) atoms. The van der Waals surface area contributed by atoms with Gasteiger partial charge in [-0.1, -0.05) is 0 Å². The fraction of sp³-hybridized carbons (Fsp3) is 0.385. The molecule has 1 rings (SSSR count). The second kappa shape index (κ2) is 5.92. The number of carbonyl (C=O) groups is 1. The molecule has 0 aromatic heterocycles. The van der Waals surface area contributed by atoms with Crippen molar-refractivity contribution in [3.05, 3.63) is 17.7 Å². The number of nitriles is 1. The highest BCUT2D eigenvalue weighted by atomic mass is 16.1. The van der Waals surface area contributed by atoms with Crippen LogP contribution in [-0.2, 0) is 4.79 Å². The molecule has 0 saturated heterocycles. The Balaban J connectivity index is 3.49. The van der Waals surface area contributed by atoms with Gasteiger partial charge in [0.1, 0.15) is 5.92 Å². The zero-order valence-electron chi connectivity index (χ0n) is 11.1. The summed E-state index contributed by atoms with van der Waals surface area (Å²) in [6, 6.07) is 5.81. The third-order valence-electron chi connectivity index (χ3n) is 2.83. The largest absolute Gasteiger partial charge is 0.388 e. The normalized spacial score (nSPS) is 11.3. The smallest absolute Gasteiger partial charge is 0.151 e. The van der Waals surface area contributed by atoms with Crippen molar-refractivity contribution in [3.63, 3.8) is 0 Å². The number of anilines is 3. The molecule has 96 valence electrons. The lowest BCUT2D eigenvalue weighted by atomic mass is 9.93. The molecule has 1 atom stereocenters. The fourth-order valence-electron chi connectivity index (χ4n) is 1.88. The summed E-state index contributed by atoms with van der Waals surface area (Å²) in [6.07, 6.45) is 0. The maximum atomic E-state index is 11.6. The molecule has 0 aliphatic carbocycles. The number of carbonyl (C=O) groups excluding carboxylic acids is 1. The summed E-state index contributed by atoms with van der Waals surface area (Å²) in [5, 5.41) is 18.3. The summed E-state index contributed by atoms with van der Waals surface area (Å²) in [5.74, 6) is -0.927. The standard InChI is InChI=1S/C13H18N4O/c1-8(18)10(7-14)13-11(16-3)5-9(15-2)6-12(13)17-4/h5-6,10,15-17H,1-4H3. The van der Waals surface area contributed by atoms with Gasteiger partial charge < -0.3 is 16.0 Å². The highest BCUT2D eigenvalue weighted by Crippen LogP contribution is 2.35. The Labute approximate surface area is 107 Å². The van der Waals surface area contributed by atoms with E-state index in [4.69, 9.17) is 0 Å². The van der Waals surface area contributed by atoms with Crippen LogP contribution < -0.4 is 16.0 Å². The molecular formula is C13H18N4O. The molecule has 3 N–H and O–H groups in total. The molecule has 0 bridgehead atoms.